The molecule has 2 aliphatic heterocycles. The van der Waals surface area contributed by atoms with Crippen LogP contribution in [-0.4, -0.2) is 68.6 Å². The fourth-order valence-electron chi connectivity index (χ4n) is 4.64. The predicted molar refractivity (Wildman–Crippen MR) is 129 cm³/mol. The molecule has 1 saturated heterocycles. The van der Waals surface area contributed by atoms with Gasteiger partial charge in [-0.15, -0.1) is 0 Å². The van der Waals surface area contributed by atoms with Crippen molar-refractivity contribution in [3.8, 4) is 11.5 Å². The van der Waals surface area contributed by atoms with Crippen molar-refractivity contribution in [2.75, 3.05) is 51.8 Å². The molecule has 4 rings (SSSR count). The number of benzene rings is 2. The lowest BCUT2D eigenvalue weighted by atomic mass is 10.0. The summed E-state index contributed by atoms with van der Waals surface area (Å²) in [7, 11) is 3.13. The molecule has 0 atom stereocenters. The molecule has 7 nitrogen and oxygen atoms in total. The molecular weight excluding hydrogens is 418 g/mol. The molecule has 174 valence electrons. The highest BCUT2D eigenvalue weighted by Crippen LogP contribution is 2.37. The van der Waals surface area contributed by atoms with Gasteiger partial charge in [0.2, 0.25) is 0 Å². The number of amides is 2. The molecular formula is C26H31N3O4. The number of rotatable bonds is 6. The summed E-state index contributed by atoms with van der Waals surface area (Å²) in [6.07, 6.45) is 0. The van der Waals surface area contributed by atoms with Gasteiger partial charge in [0.1, 0.15) is 5.70 Å². The van der Waals surface area contributed by atoms with E-state index in [-0.39, 0.29) is 11.8 Å². The summed E-state index contributed by atoms with van der Waals surface area (Å²) in [5, 5.41) is 0. The van der Waals surface area contributed by atoms with E-state index in [0.717, 1.165) is 13.1 Å². The van der Waals surface area contributed by atoms with Crippen molar-refractivity contribution in [1.29, 1.82) is 0 Å². The maximum absolute atomic E-state index is 13.3. The van der Waals surface area contributed by atoms with E-state index in [9.17, 15) is 9.59 Å². The number of hydrogen-bond acceptors (Lipinski definition) is 6. The zero-order valence-corrected chi connectivity index (χ0v) is 20.0. The van der Waals surface area contributed by atoms with Crippen LogP contribution in [0.2, 0.25) is 0 Å². The van der Waals surface area contributed by atoms with Gasteiger partial charge >= 0.3 is 0 Å². The summed E-state index contributed by atoms with van der Waals surface area (Å²) < 4.78 is 10.8. The number of hydrogen-bond donors (Lipinski definition) is 0. The van der Waals surface area contributed by atoms with Crippen molar-refractivity contribution in [2.24, 2.45) is 0 Å². The molecule has 2 aromatic rings. The van der Waals surface area contributed by atoms with Gasteiger partial charge in [0.05, 0.1) is 19.8 Å². The quantitative estimate of drug-likeness (QED) is 0.631. The Morgan fingerprint density at radius 2 is 1.52 bits per heavy atom. The number of ether oxygens (including phenoxy) is 2. The smallest absolute Gasteiger partial charge is 0.277 e. The van der Waals surface area contributed by atoms with Crippen LogP contribution in [0.5, 0.6) is 11.5 Å². The minimum atomic E-state index is -0.262. The van der Waals surface area contributed by atoms with E-state index in [1.54, 1.807) is 26.4 Å². The first-order chi connectivity index (χ1) is 15.9. The Hall–Kier alpha value is -3.48. The lowest BCUT2D eigenvalue weighted by Gasteiger charge is -2.38. The van der Waals surface area contributed by atoms with Crippen LogP contribution in [0.15, 0.2) is 42.1 Å². The normalized spacial score (nSPS) is 16.7. The zero-order chi connectivity index (χ0) is 23.7. The van der Waals surface area contributed by atoms with Crippen molar-refractivity contribution in [1.82, 2.24) is 9.80 Å². The van der Waals surface area contributed by atoms with Crippen LogP contribution >= 0.6 is 0 Å². The molecule has 7 heteroatoms. The van der Waals surface area contributed by atoms with Crippen LogP contribution in [0, 0.1) is 13.8 Å². The van der Waals surface area contributed by atoms with E-state index in [1.165, 1.54) is 21.7 Å². The van der Waals surface area contributed by atoms with Crippen molar-refractivity contribution in [2.45, 2.75) is 20.8 Å². The summed E-state index contributed by atoms with van der Waals surface area (Å²) in [6.45, 7) is 9.31. The first-order valence-corrected chi connectivity index (χ1v) is 11.3. The number of carbonyl (C=O) groups excluding carboxylic acids is 2. The number of piperazine rings is 1. The highest BCUT2D eigenvalue weighted by molar-refractivity contribution is 6.35. The summed E-state index contributed by atoms with van der Waals surface area (Å²) in [5.41, 5.74) is 5.35. The molecule has 2 amide bonds. The molecule has 2 aromatic carbocycles. The van der Waals surface area contributed by atoms with Gasteiger partial charge in [-0.25, -0.2) is 0 Å². The van der Waals surface area contributed by atoms with Crippen molar-refractivity contribution in [3.63, 3.8) is 0 Å². The average molecular weight is 450 g/mol. The Labute approximate surface area is 195 Å². The second-order valence-electron chi connectivity index (χ2n) is 8.34. The fraction of sp³-hybridized carbons (Fsp3) is 0.385. The Kier molecular flexibility index (Phi) is 6.31. The first kappa shape index (κ1) is 22.7. The lowest BCUT2D eigenvalue weighted by Crippen LogP contribution is -2.47. The fourth-order valence-corrected chi connectivity index (χ4v) is 4.64. The summed E-state index contributed by atoms with van der Waals surface area (Å²) >= 11 is 0. The molecule has 0 bridgehead atoms. The monoisotopic (exact) mass is 449 g/mol. The molecule has 33 heavy (non-hydrogen) atoms. The van der Waals surface area contributed by atoms with Gasteiger partial charge in [0.25, 0.3) is 11.8 Å². The van der Waals surface area contributed by atoms with Crippen molar-refractivity contribution >= 4 is 23.1 Å². The van der Waals surface area contributed by atoms with E-state index in [2.05, 4.69) is 41.8 Å². The Morgan fingerprint density at radius 3 is 2.15 bits per heavy atom. The molecule has 0 saturated carbocycles. The number of carbonyl (C=O) groups is 2. The largest absolute Gasteiger partial charge is 0.493 e. The Morgan fingerprint density at radius 1 is 0.848 bits per heavy atom. The molecule has 2 aliphatic rings. The number of nitrogens with zero attached hydrogens (tertiary/aromatic N) is 3. The molecule has 0 aliphatic carbocycles. The van der Waals surface area contributed by atoms with Crippen LogP contribution in [0.1, 0.15) is 23.6 Å². The third-order valence-corrected chi connectivity index (χ3v) is 6.64. The van der Waals surface area contributed by atoms with Gasteiger partial charge in [-0.2, -0.15) is 0 Å². The van der Waals surface area contributed by atoms with E-state index in [1.807, 2.05) is 13.0 Å². The summed E-state index contributed by atoms with van der Waals surface area (Å²) in [6, 6.07) is 11.7. The maximum Gasteiger partial charge on any atom is 0.277 e. The number of imide groups is 1. The van der Waals surface area contributed by atoms with Gasteiger partial charge in [-0.3, -0.25) is 14.5 Å². The number of aryl methyl sites for hydroxylation is 1. The second-order valence-corrected chi connectivity index (χ2v) is 8.34. The molecule has 2 heterocycles. The number of likely N-dealkylation sites (N-methyl/N-ethyl adjacent to an activating group) is 1. The SMILES string of the molecule is CCN1C(=O)C(c2ccc(OC)c(OC)c2)=C(N2CCN(c3cccc(C)c3C)CC2)C1=O. The maximum atomic E-state index is 13.3. The average Bonchev–Trinajstić information content (AvgIpc) is 3.09. The number of anilines is 1. The van der Waals surface area contributed by atoms with Crippen LogP contribution in [0.25, 0.3) is 5.57 Å². The molecule has 0 aromatic heterocycles. The van der Waals surface area contributed by atoms with Crippen LogP contribution in [-0.2, 0) is 9.59 Å². The molecule has 0 spiro atoms. The molecule has 0 radical (unpaired) electrons. The van der Waals surface area contributed by atoms with Crippen molar-refractivity contribution in [3.05, 3.63) is 58.8 Å². The Bertz CT molecular complexity index is 1120. The lowest BCUT2D eigenvalue weighted by molar-refractivity contribution is -0.137. The van der Waals surface area contributed by atoms with E-state index in [4.69, 9.17) is 9.47 Å². The zero-order valence-electron chi connectivity index (χ0n) is 20.0. The molecule has 0 unspecified atom stereocenters. The molecule has 1 fully saturated rings. The topological polar surface area (TPSA) is 62.3 Å². The van der Waals surface area contributed by atoms with E-state index >= 15 is 0 Å². The van der Waals surface area contributed by atoms with Gasteiger partial charge in [0.15, 0.2) is 11.5 Å². The van der Waals surface area contributed by atoms with Gasteiger partial charge < -0.3 is 19.3 Å². The first-order valence-electron chi connectivity index (χ1n) is 11.3. The Balaban J connectivity index is 1.68. The highest BCUT2D eigenvalue weighted by Gasteiger charge is 2.41. The van der Waals surface area contributed by atoms with Gasteiger partial charge in [0, 0.05) is 38.4 Å². The van der Waals surface area contributed by atoms with Crippen molar-refractivity contribution < 1.29 is 19.1 Å². The predicted octanol–water partition coefficient (Wildman–Crippen LogP) is 3.24. The number of methoxy groups -OCH3 is 2. The minimum absolute atomic E-state index is 0.229. The van der Waals surface area contributed by atoms with Crippen LogP contribution in [0.3, 0.4) is 0 Å². The van der Waals surface area contributed by atoms with Crippen LogP contribution < -0.4 is 14.4 Å². The minimum Gasteiger partial charge on any atom is -0.493 e. The van der Waals surface area contributed by atoms with Gasteiger partial charge in [-0.1, -0.05) is 18.2 Å². The second kappa shape index (κ2) is 9.17. The summed E-state index contributed by atoms with van der Waals surface area (Å²) in [4.78, 5) is 32.3. The summed E-state index contributed by atoms with van der Waals surface area (Å²) in [5.74, 6) is 0.612. The third kappa shape index (κ3) is 3.92. The van der Waals surface area contributed by atoms with E-state index < -0.39 is 0 Å². The highest BCUT2D eigenvalue weighted by atomic mass is 16.5. The van der Waals surface area contributed by atoms with E-state index in [0.29, 0.717) is 48.0 Å². The van der Waals surface area contributed by atoms with Gasteiger partial charge in [-0.05, 0) is 55.7 Å². The third-order valence-electron chi connectivity index (χ3n) is 6.64. The standard InChI is InChI=1S/C26H31N3O4/c1-6-29-25(30)23(19-10-11-21(32-4)22(16-19)33-5)24(26(29)31)28-14-12-27(13-15-28)20-9-7-8-17(2)18(20)3/h7-11,16H,6,12-15H2,1-5H3. The van der Waals surface area contributed by atoms with Crippen LogP contribution in [0.4, 0.5) is 5.69 Å². The molecule has 0 N–H and O–H groups in total.